The second-order valence-corrected chi connectivity index (χ2v) is 6.57. The van der Waals surface area contributed by atoms with Gasteiger partial charge < -0.3 is 20.1 Å². The zero-order chi connectivity index (χ0) is 16.5. The maximum atomic E-state index is 9.67. The van der Waals surface area contributed by atoms with Crippen LogP contribution in [0, 0.1) is 0 Å². The molecule has 1 aliphatic rings. The van der Waals surface area contributed by atoms with Crippen LogP contribution in [0.15, 0.2) is 24.3 Å². The summed E-state index contributed by atoms with van der Waals surface area (Å²) in [5, 5.41) is 13.1. The number of anilines is 1. The number of hydrogen-bond acceptors (Lipinski definition) is 4. The van der Waals surface area contributed by atoms with E-state index in [4.69, 9.17) is 4.74 Å². The first kappa shape index (κ1) is 18.2. The minimum Gasteiger partial charge on any atom is -0.391 e. The van der Waals surface area contributed by atoms with Crippen LogP contribution >= 0.6 is 0 Å². The van der Waals surface area contributed by atoms with E-state index >= 15 is 0 Å². The summed E-state index contributed by atoms with van der Waals surface area (Å²) in [4.78, 5) is 2.51. The van der Waals surface area contributed by atoms with Crippen molar-refractivity contribution in [3.8, 4) is 0 Å². The minimum atomic E-state index is -0.384. The van der Waals surface area contributed by atoms with Gasteiger partial charge in [0.05, 0.1) is 12.7 Å². The molecule has 0 aromatic heterocycles. The maximum Gasteiger partial charge on any atom is 0.0785 e. The van der Waals surface area contributed by atoms with Crippen molar-refractivity contribution in [3.05, 3.63) is 29.8 Å². The Labute approximate surface area is 140 Å². The lowest BCUT2D eigenvalue weighted by Crippen LogP contribution is -2.26. The van der Waals surface area contributed by atoms with E-state index in [1.165, 1.54) is 50.0 Å². The van der Waals surface area contributed by atoms with Gasteiger partial charge in [-0.2, -0.15) is 0 Å². The number of aliphatic hydroxyl groups is 1. The number of rotatable bonds is 8. The first-order valence-corrected chi connectivity index (χ1v) is 8.96. The molecule has 0 bridgehead atoms. The molecule has 2 atom stereocenters. The Hall–Kier alpha value is -1.10. The molecule has 0 aliphatic carbocycles. The van der Waals surface area contributed by atoms with Crippen molar-refractivity contribution in [1.82, 2.24) is 5.32 Å². The number of nitrogens with zero attached hydrogens (tertiary/aromatic N) is 1. The smallest absolute Gasteiger partial charge is 0.0785 e. The fraction of sp³-hybridized carbons (Fsp3) is 0.684. The predicted octanol–water partition coefficient (Wildman–Crippen LogP) is 3.12. The zero-order valence-electron chi connectivity index (χ0n) is 14.6. The fourth-order valence-corrected chi connectivity index (χ4v) is 3.16. The Morgan fingerprint density at radius 2 is 1.78 bits per heavy atom. The quantitative estimate of drug-likeness (QED) is 0.772. The Morgan fingerprint density at radius 3 is 2.39 bits per heavy atom. The van der Waals surface area contributed by atoms with Gasteiger partial charge >= 0.3 is 0 Å². The molecule has 4 nitrogen and oxygen atoms in total. The summed E-state index contributed by atoms with van der Waals surface area (Å²) in [5.41, 5.74) is 2.64. The molecule has 2 N–H and O–H groups in total. The van der Waals surface area contributed by atoms with Crippen molar-refractivity contribution in [1.29, 1.82) is 0 Å². The van der Waals surface area contributed by atoms with E-state index in [1.807, 2.05) is 0 Å². The third-order valence-corrected chi connectivity index (χ3v) is 4.65. The van der Waals surface area contributed by atoms with Gasteiger partial charge in [-0.05, 0) is 50.4 Å². The zero-order valence-corrected chi connectivity index (χ0v) is 14.6. The van der Waals surface area contributed by atoms with Gasteiger partial charge in [-0.3, -0.25) is 0 Å². The molecule has 1 aromatic carbocycles. The van der Waals surface area contributed by atoms with Gasteiger partial charge in [0.15, 0.2) is 0 Å². The monoisotopic (exact) mass is 320 g/mol. The molecule has 1 heterocycles. The predicted molar refractivity (Wildman–Crippen MR) is 96.0 cm³/mol. The van der Waals surface area contributed by atoms with E-state index in [0.29, 0.717) is 19.1 Å². The van der Waals surface area contributed by atoms with Crippen molar-refractivity contribution in [2.24, 2.45) is 0 Å². The van der Waals surface area contributed by atoms with Crippen molar-refractivity contribution in [3.63, 3.8) is 0 Å². The van der Waals surface area contributed by atoms with E-state index in [-0.39, 0.29) is 6.10 Å². The molecule has 2 unspecified atom stereocenters. The molecule has 2 rings (SSSR count). The van der Waals surface area contributed by atoms with E-state index in [1.54, 1.807) is 7.11 Å². The molecular weight excluding hydrogens is 288 g/mol. The summed E-state index contributed by atoms with van der Waals surface area (Å²) < 4.78 is 4.94. The van der Waals surface area contributed by atoms with Gasteiger partial charge in [-0.1, -0.05) is 25.0 Å². The molecule has 0 radical (unpaired) electrons. The molecule has 1 aromatic rings. The van der Waals surface area contributed by atoms with Crippen molar-refractivity contribution < 1.29 is 9.84 Å². The lowest BCUT2D eigenvalue weighted by Gasteiger charge is -2.23. The van der Waals surface area contributed by atoms with Crippen LogP contribution in [0.3, 0.4) is 0 Å². The van der Waals surface area contributed by atoms with Crippen molar-refractivity contribution in [2.45, 2.75) is 51.2 Å². The highest BCUT2D eigenvalue weighted by atomic mass is 16.5. The van der Waals surface area contributed by atoms with Gasteiger partial charge in [-0.25, -0.2) is 0 Å². The number of nitrogens with one attached hydrogen (secondary N) is 1. The van der Waals surface area contributed by atoms with Crippen LogP contribution in [-0.4, -0.2) is 44.6 Å². The van der Waals surface area contributed by atoms with Gasteiger partial charge in [0.1, 0.15) is 0 Å². The topological polar surface area (TPSA) is 44.7 Å². The highest BCUT2D eigenvalue weighted by Crippen LogP contribution is 2.22. The lowest BCUT2D eigenvalue weighted by atomic mass is 10.1. The molecule has 4 heteroatoms. The summed E-state index contributed by atoms with van der Waals surface area (Å²) in [5.74, 6) is 0. The van der Waals surface area contributed by atoms with Gasteiger partial charge in [0.25, 0.3) is 0 Å². The first-order chi connectivity index (χ1) is 11.2. The van der Waals surface area contributed by atoms with E-state index in [9.17, 15) is 5.11 Å². The summed E-state index contributed by atoms with van der Waals surface area (Å²) >= 11 is 0. The van der Waals surface area contributed by atoms with Crippen LogP contribution in [0.5, 0.6) is 0 Å². The van der Waals surface area contributed by atoms with Crippen LogP contribution in [-0.2, 0) is 4.74 Å². The van der Waals surface area contributed by atoms with Crippen LogP contribution in [0.1, 0.15) is 50.6 Å². The Balaban J connectivity index is 1.81. The second-order valence-electron chi connectivity index (χ2n) is 6.57. The number of ether oxygens (including phenoxy) is 1. The standard InChI is InChI=1S/C19H32N2O2/c1-16(20-12-11-19(22)15-23-2)17-7-9-18(10-8-17)21-13-5-3-4-6-14-21/h7-10,16,19-20,22H,3-6,11-15H2,1-2H3. The first-order valence-electron chi connectivity index (χ1n) is 8.96. The normalized spacial score (nSPS) is 18.5. The van der Waals surface area contributed by atoms with Crippen LogP contribution in [0.25, 0.3) is 0 Å². The van der Waals surface area contributed by atoms with Crippen molar-refractivity contribution >= 4 is 5.69 Å². The molecule has 0 spiro atoms. The van der Waals surface area contributed by atoms with E-state index in [2.05, 4.69) is 41.4 Å². The molecule has 130 valence electrons. The third-order valence-electron chi connectivity index (χ3n) is 4.65. The van der Waals surface area contributed by atoms with Crippen LogP contribution in [0.4, 0.5) is 5.69 Å². The summed E-state index contributed by atoms with van der Waals surface area (Å²) in [6.07, 6.45) is 5.68. The van der Waals surface area contributed by atoms with Crippen molar-refractivity contribution in [2.75, 3.05) is 38.3 Å². The molecule has 1 aliphatic heterocycles. The van der Waals surface area contributed by atoms with Crippen LogP contribution in [0.2, 0.25) is 0 Å². The highest BCUT2D eigenvalue weighted by molar-refractivity contribution is 5.48. The number of aliphatic hydroxyl groups excluding tert-OH is 1. The molecule has 23 heavy (non-hydrogen) atoms. The number of benzene rings is 1. The Morgan fingerprint density at radius 1 is 1.13 bits per heavy atom. The lowest BCUT2D eigenvalue weighted by molar-refractivity contribution is 0.0590. The van der Waals surface area contributed by atoms with E-state index < -0.39 is 0 Å². The maximum absolute atomic E-state index is 9.67. The highest BCUT2D eigenvalue weighted by Gasteiger charge is 2.11. The molecule has 0 amide bonds. The van der Waals surface area contributed by atoms with Crippen LogP contribution < -0.4 is 10.2 Å². The Bertz CT molecular complexity index is 428. The molecule has 1 fully saturated rings. The average molecular weight is 320 g/mol. The minimum absolute atomic E-state index is 0.294. The molecule has 0 saturated carbocycles. The summed E-state index contributed by atoms with van der Waals surface area (Å²) in [6, 6.07) is 9.24. The van der Waals surface area contributed by atoms with E-state index in [0.717, 1.165) is 6.54 Å². The number of methoxy groups -OCH3 is 1. The Kier molecular flexibility index (Phi) is 7.86. The fourth-order valence-electron chi connectivity index (χ4n) is 3.16. The molecular formula is C19H32N2O2. The summed E-state index contributed by atoms with van der Waals surface area (Å²) in [6.45, 7) is 5.74. The largest absolute Gasteiger partial charge is 0.391 e. The summed E-state index contributed by atoms with van der Waals surface area (Å²) in [7, 11) is 1.62. The SMILES string of the molecule is COCC(O)CCNC(C)c1ccc(N2CCCCCC2)cc1. The second kappa shape index (κ2) is 9.91. The van der Waals surface area contributed by atoms with Gasteiger partial charge in [0.2, 0.25) is 0 Å². The number of hydrogen-bond donors (Lipinski definition) is 2. The van der Waals surface area contributed by atoms with Gasteiger partial charge in [-0.15, -0.1) is 0 Å². The van der Waals surface area contributed by atoms with Gasteiger partial charge in [0, 0.05) is 31.9 Å². The average Bonchev–Trinajstić information content (AvgIpc) is 2.84. The third kappa shape index (κ3) is 6.13. The molecule has 1 saturated heterocycles.